The first kappa shape index (κ1) is 13.5. The second kappa shape index (κ2) is 4.61. The fourth-order valence-electron chi connectivity index (χ4n) is 1.56. The molecule has 19 heavy (non-hydrogen) atoms. The van der Waals surface area contributed by atoms with Crippen LogP contribution in [0.2, 0.25) is 0 Å². The van der Waals surface area contributed by atoms with Crippen LogP contribution in [0.15, 0.2) is 30.6 Å². The third-order valence-corrected chi connectivity index (χ3v) is 2.51. The van der Waals surface area contributed by atoms with Crippen LogP contribution in [0.25, 0.3) is 11.1 Å². The molecule has 1 aromatic carbocycles. The minimum absolute atomic E-state index is 0.139. The second-order valence-electron chi connectivity index (χ2n) is 4.06. The van der Waals surface area contributed by atoms with E-state index in [0.717, 1.165) is 10.7 Å². The van der Waals surface area contributed by atoms with E-state index in [-0.39, 0.29) is 11.1 Å². The fraction of sp³-hybridized carbons (Fsp3) is 0.0909. The number of hydrogen-bond donors (Lipinski definition) is 1. The number of nitrogens with zero attached hydrogens (tertiary/aromatic N) is 2. The van der Waals surface area contributed by atoms with Gasteiger partial charge in [0.15, 0.2) is 0 Å². The molecular weight excluding hydrogens is 244 g/mol. The first-order chi connectivity index (χ1) is 8.79. The topological polar surface area (TPSA) is 55.1 Å². The van der Waals surface area contributed by atoms with E-state index in [0.29, 0.717) is 5.56 Å². The molecule has 6 radical (unpaired) electrons. The molecule has 0 amide bonds. The van der Waals surface area contributed by atoms with E-state index in [9.17, 15) is 9.18 Å². The SMILES string of the molecule is [B]C([B])([B])n1cc(-c2ccc(C(=O)O)cc2F)cn1. The normalized spacial score (nSPS) is 11.4. The summed E-state index contributed by atoms with van der Waals surface area (Å²) < 4.78 is 14.9. The van der Waals surface area contributed by atoms with Crippen molar-refractivity contribution in [2.45, 2.75) is 5.24 Å². The van der Waals surface area contributed by atoms with Gasteiger partial charge in [-0.15, -0.1) is 0 Å². The Kier molecular flexibility index (Phi) is 3.26. The Morgan fingerprint density at radius 3 is 2.53 bits per heavy atom. The molecule has 0 unspecified atom stereocenters. The summed E-state index contributed by atoms with van der Waals surface area (Å²) in [4.78, 5) is 10.7. The summed E-state index contributed by atoms with van der Waals surface area (Å²) in [5.41, 5.74) is 0.431. The average Bonchev–Trinajstić information content (AvgIpc) is 2.77. The highest BCUT2D eigenvalue weighted by Crippen LogP contribution is 2.24. The van der Waals surface area contributed by atoms with Gasteiger partial charge < -0.3 is 5.11 Å². The fourth-order valence-corrected chi connectivity index (χ4v) is 1.56. The zero-order valence-corrected chi connectivity index (χ0v) is 9.75. The van der Waals surface area contributed by atoms with Crippen molar-refractivity contribution in [2.75, 3.05) is 0 Å². The predicted molar refractivity (Wildman–Crippen MR) is 69.8 cm³/mol. The molecule has 0 fully saturated rings. The zero-order valence-electron chi connectivity index (χ0n) is 9.75. The van der Waals surface area contributed by atoms with Crippen molar-refractivity contribution in [1.29, 1.82) is 0 Å². The number of carboxylic acid groups (broad SMARTS) is 1. The van der Waals surface area contributed by atoms with E-state index in [1.165, 1.54) is 24.5 Å². The number of halogens is 1. The van der Waals surface area contributed by atoms with Crippen molar-refractivity contribution < 1.29 is 14.3 Å². The number of aromatic nitrogens is 2. The van der Waals surface area contributed by atoms with Gasteiger partial charge in [-0.3, -0.25) is 4.68 Å². The quantitative estimate of drug-likeness (QED) is 0.804. The Morgan fingerprint density at radius 2 is 2.05 bits per heavy atom. The van der Waals surface area contributed by atoms with E-state index in [4.69, 9.17) is 28.6 Å². The molecule has 0 spiro atoms. The third kappa shape index (κ3) is 2.72. The van der Waals surface area contributed by atoms with Crippen LogP contribution < -0.4 is 0 Å². The lowest BCUT2D eigenvalue weighted by Gasteiger charge is -2.20. The largest absolute Gasteiger partial charge is 0.478 e. The van der Waals surface area contributed by atoms with Gasteiger partial charge in [0.1, 0.15) is 5.82 Å². The van der Waals surface area contributed by atoms with Crippen LogP contribution in [0.5, 0.6) is 0 Å². The first-order valence-corrected chi connectivity index (χ1v) is 5.24. The molecule has 8 heteroatoms. The van der Waals surface area contributed by atoms with E-state index < -0.39 is 17.0 Å². The smallest absolute Gasteiger partial charge is 0.335 e. The van der Waals surface area contributed by atoms with Gasteiger partial charge >= 0.3 is 5.97 Å². The van der Waals surface area contributed by atoms with Crippen LogP contribution in [-0.2, 0) is 5.24 Å². The van der Waals surface area contributed by atoms with Crippen LogP contribution in [0.4, 0.5) is 4.39 Å². The van der Waals surface area contributed by atoms with Gasteiger partial charge in [-0.2, -0.15) is 5.10 Å². The summed E-state index contributed by atoms with van der Waals surface area (Å²) in [5, 5.41) is 10.9. The van der Waals surface area contributed by atoms with Crippen LogP contribution in [-0.4, -0.2) is 44.4 Å². The summed E-state index contributed by atoms with van der Waals surface area (Å²) >= 11 is 0. The molecule has 0 saturated carbocycles. The van der Waals surface area contributed by atoms with Gasteiger partial charge in [0.25, 0.3) is 0 Å². The van der Waals surface area contributed by atoms with Gasteiger partial charge in [0, 0.05) is 17.3 Å². The van der Waals surface area contributed by atoms with Crippen LogP contribution in [0.3, 0.4) is 0 Å². The molecule has 0 aliphatic carbocycles. The number of benzene rings is 1. The molecule has 0 bridgehead atoms. The number of aromatic carboxylic acids is 1. The van der Waals surface area contributed by atoms with Crippen LogP contribution >= 0.6 is 0 Å². The van der Waals surface area contributed by atoms with E-state index in [2.05, 4.69) is 5.10 Å². The van der Waals surface area contributed by atoms with Gasteiger partial charge in [0.05, 0.1) is 35.3 Å². The summed E-state index contributed by atoms with van der Waals surface area (Å²) in [6, 6.07) is 3.56. The zero-order chi connectivity index (χ0) is 14.2. The molecule has 88 valence electrons. The summed E-state index contributed by atoms with van der Waals surface area (Å²) in [6.45, 7) is 0. The summed E-state index contributed by atoms with van der Waals surface area (Å²) in [6.07, 6.45) is 2.71. The van der Waals surface area contributed by atoms with E-state index in [1.807, 2.05) is 0 Å². The molecule has 4 nitrogen and oxygen atoms in total. The highest BCUT2D eigenvalue weighted by Gasteiger charge is 2.15. The molecule has 0 saturated heterocycles. The molecule has 0 aliphatic rings. The average molecular weight is 250 g/mol. The van der Waals surface area contributed by atoms with Crippen molar-refractivity contribution in [3.8, 4) is 11.1 Å². The Labute approximate surface area is 112 Å². The maximum atomic E-state index is 13.8. The molecule has 1 heterocycles. The van der Waals surface area contributed by atoms with E-state index in [1.54, 1.807) is 0 Å². The molecular formula is C11H6B3FN2O2. The standard InChI is InChI=1S/C11H6B3FN2O2/c12-11(13,14)17-5-7(4-16-17)8-2-1-6(10(18)19)3-9(8)15/h1-5H,(H,18,19). The predicted octanol–water partition coefficient (Wildman–Crippen LogP) is 0.461. The molecule has 2 rings (SSSR count). The van der Waals surface area contributed by atoms with Crippen LogP contribution in [0, 0.1) is 5.82 Å². The molecule has 1 N–H and O–H groups in total. The molecule has 0 aliphatic heterocycles. The van der Waals surface area contributed by atoms with Gasteiger partial charge in [0.2, 0.25) is 0 Å². The second-order valence-corrected chi connectivity index (χ2v) is 4.06. The lowest BCUT2D eigenvalue weighted by atomic mass is 9.49. The summed E-state index contributed by atoms with van der Waals surface area (Å²) in [7, 11) is 16.3. The Morgan fingerprint density at radius 1 is 1.37 bits per heavy atom. The monoisotopic (exact) mass is 250 g/mol. The maximum absolute atomic E-state index is 13.8. The lowest BCUT2D eigenvalue weighted by molar-refractivity contribution is 0.0696. The van der Waals surface area contributed by atoms with Crippen molar-refractivity contribution >= 4 is 29.5 Å². The van der Waals surface area contributed by atoms with E-state index >= 15 is 0 Å². The minimum atomic E-state index is -1.68. The highest BCUT2D eigenvalue weighted by molar-refractivity contribution is 6.56. The first-order valence-electron chi connectivity index (χ1n) is 5.24. The van der Waals surface area contributed by atoms with Gasteiger partial charge in [-0.25, -0.2) is 9.18 Å². The lowest BCUT2D eigenvalue weighted by Crippen LogP contribution is -2.35. The Hall–Kier alpha value is -1.98. The van der Waals surface area contributed by atoms with Crippen molar-refractivity contribution in [3.63, 3.8) is 0 Å². The third-order valence-electron chi connectivity index (χ3n) is 2.51. The minimum Gasteiger partial charge on any atom is -0.478 e. The Bertz CT molecular complexity index is 637. The maximum Gasteiger partial charge on any atom is 0.335 e. The molecule has 0 atom stereocenters. The number of rotatable bonds is 3. The number of carbonyl (C=O) groups is 1. The highest BCUT2D eigenvalue weighted by atomic mass is 19.1. The van der Waals surface area contributed by atoms with Gasteiger partial charge in [-0.05, 0) is 17.4 Å². The Balaban J connectivity index is 2.43. The molecule has 2 aromatic rings. The van der Waals surface area contributed by atoms with Crippen LogP contribution in [0.1, 0.15) is 10.4 Å². The van der Waals surface area contributed by atoms with Crippen molar-refractivity contribution in [1.82, 2.24) is 9.78 Å². The summed E-state index contributed by atoms with van der Waals surface area (Å²) in [5.74, 6) is -1.89. The number of hydrogen-bond acceptors (Lipinski definition) is 2. The molecule has 1 aromatic heterocycles. The van der Waals surface area contributed by atoms with Crippen molar-refractivity contribution in [3.05, 3.63) is 42.0 Å². The number of carboxylic acids is 1. The van der Waals surface area contributed by atoms with Gasteiger partial charge in [-0.1, -0.05) is 6.07 Å². The van der Waals surface area contributed by atoms with Crippen molar-refractivity contribution in [2.24, 2.45) is 0 Å².